The number of aliphatic imine (C=N–C) groups is 1. The Morgan fingerprint density at radius 2 is 2.30 bits per heavy atom. The van der Waals surface area contributed by atoms with Crippen molar-refractivity contribution in [2.75, 3.05) is 39.9 Å². The monoisotopic (exact) mass is 317 g/mol. The molecule has 1 aromatic carbocycles. The molecule has 0 radical (unpaired) electrons. The highest BCUT2D eigenvalue weighted by molar-refractivity contribution is 5.79. The Morgan fingerprint density at radius 1 is 1.48 bits per heavy atom. The molecule has 0 saturated carbocycles. The van der Waals surface area contributed by atoms with E-state index in [-0.39, 0.29) is 0 Å². The van der Waals surface area contributed by atoms with Gasteiger partial charge in [0.15, 0.2) is 5.96 Å². The minimum atomic E-state index is 0.423. The summed E-state index contributed by atoms with van der Waals surface area (Å²) >= 11 is 0. The number of ether oxygens (including phenoxy) is 1. The van der Waals surface area contributed by atoms with Crippen molar-refractivity contribution in [1.29, 1.82) is 0 Å². The lowest BCUT2D eigenvalue weighted by molar-refractivity contribution is 0.181. The fourth-order valence-corrected chi connectivity index (χ4v) is 2.98. The summed E-state index contributed by atoms with van der Waals surface area (Å²) in [6.45, 7) is 11.0. The van der Waals surface area contributed by atoms with Gasteiger partial charge in [0.25, 0.3) is 0 Å². The average molecular weight is 317 g/mol. The van der Waals surface area contributed by atoms with Crippen molar-refractivity contribution in [2.45, 2.75) is 33.1 Å². The van der Waals surface area contributed by atoms with Crippen molar-refractivity contribution in [3.8, 4) is 0 Å². The molecular formula is C19H31N3O. The molecule has 4 nitrogen and oxygen atoms in total. The molecule has 23 heavy (non-hydrogen) atoms. The summed E-state index contributed by atoms with van der Waals surface area (Å²) < 4.78 is 5.48. The largest absolute Gasteiger partial charge is 0.381 e. The summed E-state index contributed by atoms with van der Waals surface area (Å²) in [5, 5.41) is 3.41. The Bertz CT molecular complexity index is 509. The highest BCUT2D eigenvalue weighted by Crippen LogP contribution is 2.17. The van der Waals surface area contributed by atoms with E-state index in [1.807, 2.05) is 0 Å². The van der Waals surface area contributed by atoms with Gasteiger partial charge in [-0.1, -0.05) is 36.8 Å². The van der Waals surface area contributed by atoms with Gasteiger partial charge in [0.2, 0.25) is 0 Å². The molecule has 128 valence electrons. The van der Waals surface area contributed by atoms with Gasteiger partial charge >= 0.3 is 0 Å². The second-order valence-corrected chi connectivity index (χ2v) is 6.62. The second-order valence-electron chi connectivity index (χ2n) is 6.62. The van der Waals surface area contributed by atoms with Crippen molar-refractivity contribution in [1.82, 2.24) is 10.2 Å². The van der Waals surface area contributed by atoms with Gasteiger partial charge in [-0.2, -0.15) is 0 Å². The summed E-state index contributed by atoms with van der Waals surface area (Å²) in [6, 6.07) is 8.72. The molecule has 2 atom stereocenters. The Labute approximate surface area is 140 Å². The van der Waals surface area contributed by atoms with Crippen molar-refractivity contribution in [3.63, 3.8) is 0 Å². The fourth-order valence-electron chi connectivity index (χ4n) is 2.98. The maximum atomic E-state index is 5.48. The lowest BCUT2D eigenvalue weighted by Crippen LogP contribution is -2.41. The minimum Gasteiger partial charge on any atom is -0.381 e. The predicted molar refractivity (Wildman–Crippen MR) is 97.1 cm³/mol. The highest BCUT2D eigenvalue weighted by atomic mass is 16.5. The Hall–Kier alpha value is -1.55. The zero-order chi connectivity index (χ0) is 16.7. The fraction of sp³-hybridized carbons (Fsp3) is 0.632. The van der Waals surface area contributed by atoms with Crippen LogP contribution in [0.15, 0.2) is 29.3 Å². The van der Waals surface area contributed by atoms with E-state index < -0.39 is 0 Å². The number of nitrogens with one attached hydrogen (secondary N) is 1. The first-order valence-electron chi connectivity index (χ1n) is 8.74. The molecule has 1 saturated heterocycles. The predicted octanol–water partition coefficient (Wildman–Crippen LogP) is 3.03. The van der Waals surface area contributed by atoms with E-state index in [0.29, 0.717) is 11.8 Å². The first-order chi connectivity index (χ1) is 11.1. The molecule has 0 aliphatic carbocycles. The number of hydrogen-bond acceptors (Lipinski definition) is 2. The molecule has 1 heterocycles. The Kier molecular flexibility index (Phi) is 6.90. The summed E-state index contributed by atoms with van der Waals surface area (Å²) in [7, 11) is 2.12. The van der Waals surface area contributed by atoms with Gasteiger partial charge in [0, 0.05) is 45.1 Å². The van der Waals surface area contributed by atoms with Crippen LogP contribution in [0, 0.1) is 12.8 Å². The molecule has 1 fully saturated rings. The molecule has 0 aromatic heterocycles. The summed E-state index contributed by atoms with van der Waals surface area (Å²) in [5.41, 5.74) is 2.67. The average Bonchev–Trinajstić information content (AvgIpc) is 3.04. The lowest BCUT2D eigenvalue weighted by Gasteiger charge is -2.25. The Morgan fingerprint density at radius 3 is 2.96 bits per heavy atom. The molecule has 0 bridgehead atoms. The standard InChI is InChI=1S/C19H31N3O/c1-5-20-19(22(4)13-17-9-10-23-14-17)21-12-16(3)18-8-6-7-15(2)11-18/h6-8,11,16-17H,5,9-10,12-14H2,1-4H3,(H,20,21). The van der Waals surface area contributed by atoms with E-state index in [1.54, 1.807) is 0 Å². The van der Waals surface area contributed by atoms with Crippen LogP contribution in [0.3, 0.4) is 0 Å². The number of rotatable bonds is 6. The van der Waals surface area contributed by atoms with Crippen LogP contribution < -0.4 is 5.32 Å². The van der Waals surface area contributed by atoms with E-state index >= 15 is 0 Å². The molecule has 2 unspecified atom stereocenters. The molecule has 0 amide bonds. The quantitative estimate of drug-likeness (QED) is 0.647. The molecule has 1 aliphatic rings. The van der Waals surface area contributed by atoms with Gasteiger partial charge in [-0.25, -0.2) is 0 Å². The van der Waals surface area contributed by atoms with Crippen LogP contribution in [0.5, 0.6) is 0 Å². The number of guanidine groups is 1. The maximum Gasteiger partial charge on any atom is 0.193 e. The van der Waals surface area contributed by atoms with Crippen LogP contribution in [0.2, 0.25) is 0 Å². The smallest absolute Gasteiger partial charge is 0.193 e. The van der Waals surface area contributed by atoms with Gasteiger partial charge in [-0.3, -0.25) is 4.99 Å². The number of nitrogens with zero attached hydrogens (tertiary/aromatic N) is 2. The Balaban J connectivity index is 1.96. The van der Waals surface area contributed by atoms with Gasteiger partial charge < -0.3 is 15.0 Å². The molecule has 0 spiro atoms. The summed E-state index contributed by atoms with van der Waals surface area (Å²) in [6.07, 6.45) is 1.16. The third-order valence-corrected chi connectivity index (χ3v) is 4.38. The van der Waals surface area contributed by atoms with Crippen LogP contribution in [-0.4, -0.2) is 50.8 Å². The maximum absolute atomic E-state index is 5.48. The topological polar surface area (TPSA) is 36.9 Å². The van der Waals surface area contributed by atoms with Crippen molar-refractivity contribution in [2.24, 2.45) is 10.9 Å². The first kappa shape index (κ1) is 17.8. The third kappa shape index (κ3) is 5.54. The highest BCUT2D eigenvalue weighted by Gasteiger charge is 2.19. The molecule has 4 heteroatoms. The SMILES string of the molecule is CCNC(=NCC(C)c1cccc(C)c1)N(C)CC1CCOC1. The van der Waals surface area contributed by atoms with Crippen molar-refractivity contribution < 1.29 is 4.74 Å². The number of aryl methyl sites for hydroxylation is 1. The molecular weight excluding hydrogens is 286 g/mol. The van der Waals surface area contributed by atoms with Gasteiger partial charge in [0.1, 0.15) is 0 Å². The van der Waals surface area contributed by atoms with E-state index in [2.05, 4.69) is 62.3 Å². The zero-order valence-corrected chi connectivity index (χ0v) is 15.0. The zero-order valence-electron chi connectivity index (χ0n) is 15.0. The van der Waals surface area contributed by atoms with Crippen molar-refractivity contribution >= 4 is 5.96 Å². The lowest BCUT2D eigenvalue weighted by atomic mass is 10.00. The number of benzene rings is 1. The number of hydrogen-bond donors (Lipinski definition) is 1. The van der Waals surface area contributed by atoms with Crippen LogP contribution in [0.25, 0.3) is 0 Å². The van der Waals surface area contributed by atoms with Crippen LogP contribution >= 0.6 is 0 Å². The summed E-state index contributed by atoms with van der Waals surface area (Å²) in [5.74, 6) is 2.05. The second kappa shape index (κ2) is 8.92. The molecule has 1 aromatic rings. The van der Waals surface area contributed by atoms with Gasteiger partial charge in [0.05, 0.1) is 6.61 Å². The van der Waals surface area contributed by atoms with Gasteiger partial charge in [-0.05, 0) is 25.8 Å². The van der Waals surface area contributed by atoms with E-state index in [4.69, 9.17) is 9.73 Å². The van der Waals surface area contributed by atoms with Crippen LogP contribution in [0.1, 0.15) is 37.3 Å². The van der Waals surface area contributed by atoms with E-state index in [1.165, 1.54) is 11.1 Å². The minimum absolute atomic E-state index is 0.423. The molecule has 2 rings (SSSR count). The molecule has 1 aliphatic heterocycles. The van der Waals surface area contributed by atoms with E-state index in [9.17, 15) is 0 Å². The van der Waals surface area contributed by atoms with Crippen LogP contribution in [-0.2, 0) is 4.74 Å². The third-order valence-electron chi connectivity index (χ3n) is 4.38. The van der Waals surface area contributed by atoms with Crippen LogP contribution in [0.4, 0.5) is 0 Å². The first-order valence-corrected chi connectivity index (χ1v) is 8.74. The normalized spacial score (nSPS) is 19.7. The summed E-state index contributed by atoms with van der Waals surface area (Å²) in [4.78, 5) is 7.09. The van der Waals surface area contributed by atoms with E-state index in [0.717, 1.165) is 45.2 Å². The molecule has 1 N–H and O–H groups in total. The van der Waals surface area contributed by atoms with Crippen molar-refractivity contribution in [3.05, 3.63) is 35.4 Å². The van der Waals surface area contributed by atoms with Gasteiger partial charge in [-0.15, -0.1) is 0 Å².